The maximum absolute atomic E-state index is 9.89. The second-order valence-electron chi connectivity index (χ2n) is 7.01. The number of hydrogen-bond acceptors (Lipinski definition) is 4. The fourth-order valence-corrected chi connectivity index (χ4v) is 2.80. The highest BCUT2D eigenvalue weighted by molar-refractivity contribution is 4.83. The molecule has 4 heteroatoms. The summed E-state index contributed by atoms with van der Waals surface area (Å²) in [5.41, 5.74) is 0.436. The maximum Gasteiger partial charge on any atom is 0.0897 e. The van der Waals surface area contributed by atoms with Crippen molar-refractivity contribution in [2.75, 3.05) is 26.4 Å². The van der Waals surface area contributed by atoms with Crippen LogP contribution >= 0.6 is 0 Å². The van der Waals surface area contributed by atoms with Gasteiger partial charge in [0.25, 0.3) is 0 Å². The van der Waals surface area contributed by atoms with Gasteiger partial charge in [0.2, 0.25) is 0 Å². The number of nitrogens with one attached hydrogen (secondary N) is 1. The van der Waals surface area contributed by atoms with Crippen LogP contribution in [0.4, 0.5) is 0 Å². The van der Waals surface area contributed by atoms with Gasteiger partial charge in [0.1, 0.15) is 0 Å². The van der Waals surface area contributed by atoms with Crippen molar-refractivity contribution >= 4 is 0 Å². The van der Waals surface area contributed by atoms with Gasteiger partial charge in [0.05, 0.1) is 32.0 Å². The van der Waals surface area contributed by atoms with Crippen molar-refractivity contribution < 1.29 is 14.6 Å². The van der Waals surface area contributed by atoms with Gasteiger partial charge in [-0.3, -0.25) is 0 Å². The van der Waals surface area contributed by atoms with Crippen LogP contribution in [0.5, 0.6) is 0 Å². The first-order valence-corrected chi connectivity index (χ1v) is 8.00. The van der Waals surface area contributed by atoms with Crippen LogP contribution in [0, 0.1) is 5.41 Å². The lowest BCUT2D eigenvalue weighted by Crippen LogP contribution is -2.42. The molecule has 0 amide bonds. The molecule has 0 bridgehead atoms. The minimum atomic E-state index is -0.431. The molecule has 1 fully saturated rings. The minimum Gasteiger partial charge on any atom is -0.389 e. The molecule has 0 aromatic rings. The number of aliphatic hydroxyl groups excluding tert-OH is 1. The molecule has 1 rings (SSSR count). The molecule has 1 saturated carbocycles. The van der Waals surface area contributed by atoms with E-state index in [9.17, 15) is 5.11 Å². The zero-order chi connectivity index (χ0) is 15.0. The molecule has 0 heterocycles. The minimum absolute atomic E-state index is 0.236. The van der Waals surface area contributed by atoms with E-state index in [1.54, 1.807) is 0 Å². The van der Waals surface area contributed by atoms with Crippen molar-refractivity contribution in [2.45, 2.75) is 71.6 Å². The predicted molar refractivity (Wildman–Crippen MR) is 82.0 cm³/mol. The summed E-state index contributed by atoms with van der Waals surface area (Å²) in [6, 6.07) is 0.540. The molecular formula is C16H33NO3. The summed E-state index contributed by atoms with van der Waals surface area (Å²) in [5, 5.41) is 13.4. The second kappa shape index (κ2) is 8.98. The Morgan fingerprint density at radius 1 is 1.30 bits per heavy atom. The molecule has 0 radical (unpaired) electrons. The Kier molecular flexibility index (Phi) is 8.03. The summed E-state index contributed by atoms with van der Waals surface area (Å²) in [4.78, 5) is 0. The van der Waals surface area contributed by atoms with Gasteiger partial charge in [-0.2, -0.15) is 0 Å². The molecule has 120 valence electrons. The van der Waals surface area contributed by atoms with E-state index in [1.807, 2.05) is 13.8 Å². The summed E-state index contributed by atoms with van der Waals surface area (Å²) < 4.78 is 10.8. The first-order valence-electron chi connectivity index (χ1n) is 8.00. The third-order valence-electron chi connectivity index (χ3n) is 3.84. The third-order valence-corrected chi connectivity index (χ3v) is 3.84. The van der Waals surface area contributed by atoms with Gasteiger partial charge in [-0.1, -0.05) is 20.3 Å². The van der Waals surface area contributed by atoms with Crippen molar-refractivity contribution in [1.29, 1.82) is 0 Å². The molecule has 2 atom stereocenters. The van der Waals surface area contributed by atoms with E-state index >= 15 is 0 Å². The lowest BCUT2D eigenvalue weighted by atomic mass is 9.75. The highest BCUT2D eigenvalue weighted by Gasteiger charge is 2.27. The van der Waals surface area contributed by atoms with Gasteiger partial charge < -0.3 is 19.9 Å². The molecule has 0 aliphatic heterocycles. The van der Waals surface area contributed by atoms with E-state index < -0.39 is 6.10 Å². The van der Waals surface area contributed by atoms with Crippen LogP contribution in [0.2, 0.25) is 0 Å². The fraction of sp³-hybridized carbons (Fsp3) is 1.00. The van der Waals surface area contributed by atoms with Gasteiger partial charge in [-0.05, 0) is 38.5 Å². The lowest BCUT2D eigenvalue weighted by molar-refractivity contribution is -0.0111. The van der Waals surface area contributed by atoms with Crippen LogP contribution in [0.15, 0.2) is 0 Å². The second-order valence-corrected chi connectivity index (χ2v) is 7.01. The third kappa shape index (κ3) is 8.20. The van der Waals surface area contributed by atoms with E-state index in [0.29, 0.717) is 37.8 Å². The van der Waals surface area contributed by atoms with E-state index in [2.05, 4.69) is 19.2 Å². The zero-order valence-corrected chi connectivity index (χ0v) is 13.7. The first-order chi connectivity index (χ1) is 9.39. The Morgan fingerprint density at radius 3 is 2.70 bits per heavy atom. The van der Waals surface area contributed by atoms with Crippen LogP contribution in [-0.2, 0) is 9.47 Å². The van der Waals surface area contributed by atoms with E-state index in [-0.39, 0.29) is 6.10 Å². The van der Waals surface area contributed by atoms with E-state index in [0.717, 1.165) is 0 Å². The summed E-state index contributed by atoms with van der Waals surface area (Å²) in [6.45, 7) is 10.8. The van der Waals surface area contributed by atoms with Crippen LogP contribution in [-0.4, -0.2) is 49.7 Å². The standard InChI is InChI=1S/C16H33NO3/c1-13(2)20-9-8-19-12-15(18)11-17-14-6-5-7-16(3,4)10-14/h13-15,17-18H,5-12H2,1-4H3. The van der Waals surface area contributed by atoms with Crippen molar-refractivity contribution in [3.8, 4) is 0 Å². The number of rotatable bonds is 9. The Balaban J connectivity index is 2.03. The molecule has 0 spiro atoms. The van der Waals surface area contributed by atoms with Crippen molar-refractivity contribution in [2.24, 2.45) is 5.41 Å². The molecule has 1 aliphatic carbocycles. The van der Waals surface area contributed by atoms with Crippen molar-refractivity contribution in [1.82, 2.24) is 5.32 Å². The molecule has 1 aliphatic rings. The van der Waals surface area contributed by atoms with Crippen LogP contribution < -0.4 is 5.32 Å². The maximum atomic E-state index is 9.89. The normalized spacial score (nSPS) is 24.0. The smallest absolute Gasteiger partial charge is 0.0897 e. The molecule has 2 unspecified atom stereocenters. The molecular weight excluding hydrogens is 254 g/mol. The number of hydrogen-bond donors (Lipinski definition) is 2. The fourth-order valence-electron chi connectivity index (χ4n) is 2.80. The molecule has 0 aromatic carbocycles. The van der Waals surface area contributed by atoms with Crippen LogP contribution in [0.25, 0.3) is 0 Å². The molecule has 2 N–H and O–H groups in total. The van der Waals surface area contributed by atoms with Gasteiger partial charge in [0.15, 0.2) is 0 Å². The SMILES string of the molecule is CC(C)OCCOCC(O)CNC1CCCC(C)(C)C1. The average Bonchev–Trinajstić information content (AvgIpc) is 2.34. The van der Waals surface area contributed by atoms with Crippen molar-refractivity contribution in [3.63, 3.8) is 0 Å². The summed E-state index contributed by atoms with van der Waals surface area (Å²) in [7, 11) is 0. The topological polar surface area (TPSA) is 50.7 Å². The summed E-state index contributed by atoms with van der Waals surface area (Å²) in [5.74, 6) is 0. The number of ether oxygens (including phenoxy) is 2. The summed E-state index contributed by atoms with van der Waals surface area (Å²) >= 11 is 0. The highest BCUT2D eigenvalue weighted by atomic mass is 16.5. The molecule has 0 saturated heterocycles. The van der Waals surface area contributed by atoms with Gasteiger partial charge in [0, 0.05) is 12.6 Å². The Labute approximate surface area is 124 Å². The number of aliphatic hydroxyl groups is 1. The van der Waals surface area contributed by atoms with Crippen LogP contribution in [0.1, 0.15) is 53.4 Å². The Bertz CT molecular complexity index is 256. The Morgan fingerprint density at radius 2 is 2.05 bits per heavy atom. The quantitative estimate of drug-likeness (QED) is 0.639. The van der Waals surface area contributed by atoms with E-state index in [1.165, 1.54) is 25.7 Å². The van der Waals surface area contributed by atoms with Gasteiger partial charge in [-0.15, -0.1) is 0 Å². The monoisotopic (exact) mass is 287 g/mol. The van der Waals surface area contributed by atoms with Crippen LogP contribution in [0.3, 0.4) is 0 Å². The summed E-state index contributed by atoms with van der Waals surface area (Å²) in [6.07, 6.45) is 4.82. The highest BCUT2D eigenvalue weighted by Crippen LogP contribution is 2.34. The van der Waals surface area contributed by atoms with Gasteiger partial charge in [-0.25, -0.2) is 0 Å². The van der Waals surface area contributed by atoms with Crippen molar-refractivity contribution in [3.05, 3.63) is 0 Å². The molecule has 0 aromatic heterocycles. The lowest BCUT2D eigenvalue weighted by Gasteiger charge is -2.36. The van der Waals surface area contributed by atoms with Gasteiger partial charge >= 0.3 is 0 Å². The largest absolute Gasteiger partial charge is 0.389 e. The molecule has 20 heavy (non-hydrogen) atoms. The Hall–Kier alpha value is -0.160. The predicted octanol–water partition coefficient (Wildman–Crippen LogP) is 2.35. The molecule has 4 nitrogen and oxygen atoms in total. The average molecular weight is 287 g/mol. The first kappa shape index (κ1) is 17.9. The van der Waals surface area contributed by atoms with E-state index in [4.69, 9.17) is 9.47 Å². The zero-order valence-electron chi connectivity index (χ0n) is 13.7.